The van der Waals surface area contributed by atoms with E-state index in [2.05, 4.69) is 15.3 Å². The van der Waals surface area contributed by atoms with E-state index in [-0.39, 0.29) is 5.69 Å². The number of non-ortho nitro benzene ring substituents is 1. The Morgan fingerprint density at radius 2 is 1.81 bits per heavy atom. The fourth-order valence-electron chi connectivity index (χ4n) is 3.10. The van der Waals surface area contributed by atoms with Crippen LogP contribution in [0.1, 0.15) is 11.4 Å². The zero-order valence-corrected chi connectivity index (χ0v) is 19.4. The van der Waals surface area contributed by atoms with Crippen LogP contribution >= 0.6 is 23.3 Å². The molecule has 2 aromatic carbocycles. The van der Waals surface area contributed by atoms with Crippen LogP contribution in [0.2, 0.25) is 0 Å². The SMILES string of the molecule is COc1cc(Cc2nnc3sc(-c4ccc([N+](=O)[O-])cc4)nn23)c(SN(C)C)cc1OC. The van der Waals surface area contributed by atoms with Gasteiger partial charge < -0.3 is 9.47 Å². The van der Waals surface area contributed by atoms with Crippen molar-refractivity contribution >= 4 is 33.9 Å². The molecule has 2 aromatic heterocycles. The molecule has 0 aliphatic rings. The first-order valence-electron chi connectivity index (χ1n) is 9.45. The lowest BCUT2D eigenvalue weighted by Gasteiger charge is -2.16. The molecule has 0 aliphatic heterocycles. The Hall–Kier alpha value is -3.22. The highest BCUT2D eigenvalue weighted by Gasteiger charge is 2.18. The number of methoxy groups -OCH3 is 2. The Balaban J connectivity index is 1.70. The number of hydrogen-bond donors (Lipinski definition) is 0. The third-order valence-corrected chi connectivity index (χ3v) is 6.47. The summed E-state index contributed by atoms with van der Waals surface area (Å²) in [5.41, 5.74) is 1.82. The molecule has 166 valence electrons. The van der Waals surface area contributed by atoms with Crippen LogP contribution < -0.4 is 9.47 Å². The number of nitro benzene ring substituents is 1. The van der Waals surface area contributed by atoms with Crippen molar-refractivity contribution in [2.75, 3.05) is 28.3 Å². The number of benzene rings is 2. The molecule has 0 radical (unpaired) electrons. The third kappa shape index (κ3) is 4.38. The normalized spacial score (nSPS) is 11.3. The summed E-state index contributed by atoms with van der Waals surface area (Å²) in [6.45, 7) is 0. The number of nitro groups is 1. The monoisotopic (exact) mass is 472 g/mol. The largest absolute Gasteiger partial charge is 0.493 e. The minimum atomic E-state index is -0.424. The second-order valence-corrected chi connectivity index (χ2v) is 9.23. The van der Waals surface area contributed by atoms with E-state index >= 15 is 0 Å². The summed E-state index contributed by atoms with van der Waals surface area (Å²) in [5, 5.41) is 24.8. The summed E-state index contributed by atoms with van der Waals surface area (Å²) in [6.07, 6.45) is 0.487. The molecule has 4 rings (SSSR count). The van der Waals surface area contributed by atoms with Gasteiger partial charge in [0.1, 0.15) is 5.01 Å². The smallest absolute Gasteiger partial charge is 0.269 e. The van der Waals surface area contributed by atoms with Crippen LogP contribution in [0.25, 0.3) is 15.5 Å². The van der Waals surface area contributed by atoms with Gasteiger partial charge in [0.25, 0.3) is 5.69 Å². The van der Waals surface area contributed by atoms with Gasteiger partial charge in [0.15, 0.2) is 17.3 Å². The molecule has 0 unspecified atom stereocenters. The quantitative estimate of drug-likeness (QED) is 0.214. The molecule has 2 heterocycles. The van der Waals surface area contributed by atoms with Crippen LogP contribution in [0.3, 0.4) is 0 Å². The molecule has 0 fully saturated rings. The molecule has 12 heteroatoms. The fourth-order valence-corrected chi connectivity index (χ4v) is 4.77. The maximum Gasteiger partial charge on any atom is 0.269 e. The molecule has 4 aromatic rings. The van der Waals surface area contributed by atoms with E-state index in [0.29, 0.717) is 33.7 Å². The van der Waals surface area contributed by atoms with E-state index in [0.717, 1.165) is 16.0 Å². The van der Waals surface area contributed by atoms with Crippen molar-refractivity contribution in [1.29, 1.82) is 0 Å². The van der Waals surface area contributed by atoms with Gasteiger partial charge >= 0.3 is 0 Å². The highest BCUT2D eigenvalue weighted by atomic mass is 32.2. The van der Waals surface area contributed by atoms with E-state index in [1.54, 1.807) is 42.8 Å². The summed E-state index contributed by atoms with van der Waals surface area (Å²) in [7, 11) is 7.15. The predicted molar refractivity (Wildman–Crippen MR) is 123 cm³/mol. The van der Waals surface area contributed by atoms with Crippen molar-refractivity contribution in [3.8, 4) is 22.1 Å². The second-order valence-electron chi connectivity index (χ2n) is 6.92. The maximum atomic E-state index is 10.9. The average Bonchev–Trinajstić information content (AvgIpc) is 3.36. The third-order valence-electron chi connectivity index (χ3n) is 4.58. The lowest BCUT2D eigenvalue weighted by atomic mass is 10.1. The van der Waals surface area contributed by atoms with Gasteiger partial charge in [-0.15, -0.1) is 10.2 Å². The second kappa shape index (κ2) is 9.10. The van der Waals surface area contributed by atoms with Crippen LogP contribution in [0.5, 0.6) is 11.5 Å². The van der Waals surface area contributed by atoms with Crippen molar-refractivity contribution in [2.24, 2.45) is 0 Å². The summed E-state index contributed by atoms with van der Waals surface area (Å²) < 4.78 is 14.6. The van der Waals surface area contributed by atoms with Gasteiger partial charge in [-0.1, -0.05) is 11.3 Å². The Morgan fingerprint density at radius 3 is 2.44 bits per heavy atom. The molecule has 10 nitrogen and oxygen atoms in total. The van der Waals surface area contributed by atoms with Gasteiger partial charge in [0.05, 0.1) is 19.1 Å². The number of ether oxygens (including phenoxy) is 2. The van der Waals surface area contributed by atoms with Gasteiger partial charge in [-0.05, 0) is 55.9 Å². The van der Waals surface area contributed by atoms with E-state index in [9.17, 15) is 10.1 Å². The Labute approximate surface area is 192 Å². The van der Waals surface area contributed by atoms with Crippen LogP contribution in [0.15, 0.2) is 41.3 Å². The highest BCUT2D eigenvalue weighted by Crippen LogP contribution is 2.37. The molecule has 32 heavy (non-hydrogen) atoms. The van der Waals surface area contributed by atoms with Gasteiger partial charge in [0, 0.05) is 29.0 Å². The molecule has 0 saturated heterocycles. The molecule has 0 spiro atoms. The van der Waals surface area contributed by atoms with Gasteiger partial charge in [-0.3, -0.25) is 14.4 Å². The molecule has 0 aliphatic carbocycles. The molecule has 0 atom stereocenters. The summed E-state index contributed by atoms with van der Waals surface area (Å²) in [5.74, 6) is 1.97. The molecule has 0 N–H and O–H groups in total. The van der Waals surface area contributed by atoms with Crippen LogP contribution in [-0.2, 0) is 6.42 Å². The summed E-state index contributed by atoms with van der Waals surface area (Å²) in [4.78, 5) is 12.1. The Morgan fingerprint density at radius 1 is 1.12 bits per heavy atom. The van der Waals surface area contributed by atoms with E-state index in [1.165, 1.54) is 23.5 Å². The Kier molecular flexibility index (Phi) is 6.26. The molecular formula is C20H20N6O4S2. The van der Waals surface area contributed by atoms with Gasteiger partial charge in [-0.2, -0.15) is 9.61 Å². The molecular weight excluding hydrogens is 452 g/mol. The minimum Gasteiger partial charge on any atom is -0.493 e. The first-order valence-corrected chi connectivity index (χ1v) is 11.0. The lowest BCUT2D eigenvalue weighted by molar-refractivity contribution is -0.384. The van der Waals surface area contributed by atoms with Crippen molar-refractivity contribution < 1.29 is 14.4 Å². The maximum absolute atomic E-state index is 10.9. The molecule has 0 bridgehead atoms. The fraction of sp³-hybridized carbons (Fsp3) is 0.250. The Bertz CT molecular complexity index is 1270. The van der Waals surface area contributed by atoms with Crippen molar-refractivity contribution in [3.63, 3.8) is 0 Å². The van der Waals surface area contributed by atoms with Crippen LogP contribution in [-0.4, -0.2) is 57.4 Å². The number of nitrogens with zero attached hydrogens (tertiary/aromatic N) is 6. The standard InChI is InChI=1S/C20H20N6O4S2/c1-24(2)32-17-11-16(30-4)15(29-3)9-13(17)10-18-21-22-20-25(18)23-19(31-20)12-5-7-14(8-6-12)26(27)28/h5-9,11H,10H2,1-4H3. The van der Waals surface area contributed by atoms with E-state index < -0.39 is 4.92 Å². The van der Waals surface area contributed by atoms with Crippen molar-refractivity contribution in [3.05, 3.63) is 57.9 Å². The number of rotatable bonds is 8. The van der Waals surface area contributed by atoms with Gasteiger partial charge in [-0.25, -0.2) is 0 Å². The minimum absolute atomic E-state index is 0.0387. The van der Waals surface area contributed by atoms with E-state index in [1.807, 2.05) is 30.5 Å². The first kappa shape index (κ1) is 22.0. The van der Waals surface area contributed by atoms with Crippen molar-refractivity contribution in [2.45, 2.75) is 11.3 Å². The van der Waals surface area contributed by atoms with Crippen LogP contribution in [0.4, 0.5) is 5.69 Å². The van der Waals surface area contributed by atoms with Gasteiger partial charge in [0.2, 0.25) is 4.96 Å². The van der Waals surface area contributed by atoms with Crippen LogP contribution in [0, 0.1) is 10.1 Å². The number of aromatic nitrogens is 4. The van der Waals surface area contributed by atoms with E-state index in [4.69, 9.17) is 9.47 Å². The zero-order chi connectivity index (χ0) is 22.8. The number of hydrogen-bond acceptors (Lipinski definition) is 10. The highest BCUT2D eigenvalue weighted by molar-refractivity contribution is 7.97. The summed E-state index contributed by atoms with van der Waals surface area (Å²) in [6, 6.07) is 10.2. The number of fused-ring (bicyclic) bond motifs is 1. The van der Waals surface area contributed by atoms with Crippen molar-refractivity contribution in [1.82, 2.24) is 24.1 Å². The molecule has 0 saturated carbocycles. The predicted octanol–water partition coefficient (Wildman–Crippen LogP) is 3.94. The first-order chi connectivity index (χ1) is 15.4. The lowest BCUT2D eigenvalue weighted by Crippen LogP contribution is -2.04. The molecule has 0 amide bonds. The average molecular weight is 473 g/mol. The topological polar surface area (TPSA) is 108 Å². The zero-order valence-electron chi connectivity index (χ0n) is 17.8. The summed E-state index contributed by atoms with van der Waals surface area (Å²) >= 11 is 2.95.